The van der Waals surface area contributed by atoms with E-state index < -0.39 is 0 Å². The average Bonchev–Trinajstić information content (AvgIpc) is 2.18. The van der Waals surface area contributed by atoms with Crippen molar-refractivity contribution in [2.75, 3.05) is 13.6 Å². The first-order valence-electron chi connectivity index (χ1n) is 4.82. The Morgan fingerprint density at radius 2 is 2.00 bits per heavy atom. The lowest BCUT2D eigenvalue weighted by atomic mass is 10.1. The lowest BCUT2D eigenvalue weighted by Crippen LogP contribution is -2.07. The Bertz CT molecular complexity index is 287. The highest BCUT2D eigenvalue weighted by Crippen LogP contribution is 2.12. The van der Waals surface area contributed by atoms with E-state index in [1.165, 1.54) is 12.1 Å². The second-order valence-corrected chi connectivity index (χ2v) is 3.30. The van der Waals surface area contributed by atoms with Crippen LogP contribution in [0.5, 0.6) is 0 Å². The fraction of sp³-hybridized carbons (Fsp3) is 0.455. The Hall–Kier alpha value is -0.960. The van der Waals surface area contributed by atoms with Crippen molar-refractivity contribution >= 4 is 0 Å². The Kier molecular flexibility index (Phi) is 4.53. The topological polar surface area (TPSA) is 12.0 Å². The van der Waals surface area contributed by atoms with Crippen molar-refractivity contribution in [1.29, 1.82) is 0 Å². The average molecular weight is 199 g/mol. The number of benzene rings is 1. The Morgan fingerprint density at radius 1 is 1.21 bits per heavy atom. The van der Waals surface area contributed by atoms with Gasteiger partial charge in [-0.1, -0.05) is 0 Å². The fourth-order valence-corrected chi connectivity index (χ4v) is 1.35. The number of hydrogen-bond donors (Lipinski definition) is 1. The predicted molar refractivity (Wildman–Crippen MR) is 53.2 cm³/mol. The molecule has 0 amide bonds. The largest absolute Gasteiger partial charge is 0.320 e. The van der Waals surface area contributed by atoms with E-state index in [1.54, 1.807) is 0 Å². The molecule has 0 aliphatic carbocycles. The maximum absolute atomic E-state index is 13.1. The molecule has 78 valence electrons. The molecule has 1 rings (SSSR count). The van der Waals surface area contributed by atoms with Gasteiger partial charge in [0.15, 0.2) is 0 Å². The van der Waals surface area contributed by atoms with Crippen LogP contribution in [0.15, 0.2) is 18.2 Å². The third-order valence-corrected chi connectivity index (χ3v) is 2.13. The van der Waals surface area contributed by atoms with Crippen LogP contribution in [0.3, 0.4) is 0 Å². The van der Waals surface area contributed by atoms with Gasteiger partial charge in [-0.25, -0.2) is 8.78 Å². The van der Waals surface area contributed by atoms with Gasteiger partial charge in [0.25, 0.3) is 0 Å². The SMILES string of the molecule is CNCCCCc1cc(F)ccc1F. The Labute approximate surface area is 83.1 Å². The van der Waals surface area contributed by atoms with Crippen molar-refractivity contribution < 1.29 is 8.78 Å². The molecule has 0 spiro atoms. The minimum absolute atomic E-state index is 0.309. The van der Waals surface area contributed by atoms with E-state index in [9.17, 15) is 8.78 Å². The zero-order valence-electron chi connectivity index (χ0n) is 8.32. The van der Waals surface area contributed by atoms with E-state index in [-0.39, 0.29) is 11.6 Å². The molecule has 0 aliphatic rings. The summed E-state index contributed by atoms with van der Waals surface area (Å²) >= 11 is 0. The maximum Gasteiger partial charge on any atom is 0.126 e. The first-order chi connectivity index (χ1) is 6.74. The molecular formula is C11H15F2N. The minimum atomic E-state index is -0.366. The first-order valence-corrected chi connectivity index (χ1v) is 4.82. The van der Waals surface area contributed by atoms with Gasteiger partial charge in [-0.05, 0) is 56.6 Å². The van der Waals surface area contributed by atoms with Crippen LogP contribution in [0.2, 0.25) is 0 Å². The molecule has 0 saturated carbocycles. The third kappa shape index (κ3) is 3.42. The molecule has 0 unspecified atom stereocenters. The molecule has 0 bridgehead atoms. The van der Waals surface area contributed by atoms with Gasteiger partial charge >= 0.3 is 0 Å². The summed E-state index contributed by atoms with van der Waals surface area (Å²) in [6.45, 7) is 0.914. The molecule has 0 heterocycles. The standard InChI is InChI=1S/C11H15F2N/c1-14-7-3-2-4-9-8-10(12)5-6-11(9)13/h5-6,8,14H,2-4,7H2,1H3. The zero-order valence-corrected chi connectivity index (χ0v) is 8.32. The molecule has 0 radical (unpaired) electrons. The number of hydrogen-bond acceptors (Lipinski definition) is 1. The molecule has 0 aromatic heterocycles. The summed E-state index contributed by atoms with van der Waals surface area (Å²) in [6.07, 6.45) is 2.46. The van der Waals surface area contributed by atoms with Crippen LogP contribution in [-0.2, 0) is 6.42 Å². The van der Waals surface area contributed by atoms with E-state index in [1.807, 2.05) is 7.05 Å². The summed E-state index contributed by atoms with van der Waals surface area (Å²) in [7, 11) is 1.88. The van der Waals surface area contributed by atoms with Gasteiger partial charge in [0, 0.05) is 0 Å². The van der Waals surface area contributed by atoms with Gasteiger partial charge in [0.2, 0.25) is 0 Å². The van der Waals surface area contributed by atoms with Crippen LogP contribution in [0, 0.1) is 11.6 Å². The molecule has 0 fully saturated rings. The molecule has 3 heteroatoms. The highest BCUT2D eigenvalue weighted by molar-refractivity contribution is 5.18. The van der Waals surface area contributed by atoms with Crippen molar-refractivity contribution in [2.45, 2.75) is 19.3 Å². The molecule has 0 saturated heterocycles. The maximum atomic E-state index is 13.1. The smallest absolute Gasteiger partial charge is 0.126 e. The van der Waals surface area contributed by atoms with Crippen molar-refractivity contribution in [3.8, 4) is 0 Å². The molecule has 14 heavy (non-hydrogen) atoms. The Morgan fingerprint density at radius 3 is 2.71 bits per heavy atom. The van der Waals surface area contributed by atoms with Crippen LogP contribution in [0.1, 0.15) is 18.4 Å². The summed E-state index contributed by atoms with van der Waals surface area (Å²) in [5, 5.41) is 3.01. The summed E-state index contributed by atoms with van der Waals surface area (Å²) in [6, 6.07) is 3.60. The number of aryl methyl sites for hydroxylation is 1. The van der Waals surface area contributed by atoms with E-state index in [0.29, 0.717) is 12.0 Å². The van der Waals surface area contributed by atoms with Crippen molar-refractivity contribution in [1.82, 2.24) is 5.32 Å². The number of unbranched alkanes of at least 4 members (excludes halogenated alkanes) is 1. The zero-order chi connectivity index (χ0) is 10.4. The first kappa shape index (κ1) is 11.1. The number of nitrogens with one attached hydrogen (secondary N) is 1. The highest BCUT2D eigenvalue weighted by Gasteiger charge is 2.02. The van der Waals surface area contributed by atoms with E-state index in [4.69, 9.17) is 0 Å². The monoisotopic (exact) mass is 199 g/mol. The predicted octanol–water partition coefficient (Wildman–Crippen LogP) is 2.51. The third-order valence-electron chi connectivity index (χ3n) is 2.13. The number of halogens is 2. The van der Waals surface area contributed by atoms with Crippen LogP contribution in [0.25, 0.3) is 0 Å². The Balaban J connectivity index is 2.45. The highest BCUT2D eigenvalue weighted by atomic mass is 19.1. The van der Waals surface area contributed by atoms with Crippen LogP contribution in [-0.4, -0.2) is 13.6 Å². The van der Waals surface area contributed by atoms with Crippen molar-refractivity contribution in [3.05, 3.63) is 35.4 Å². The fourth-order valence-electron chi connectivity index (χ4n) is 1.35. The molecular weight excluding hydrogens is 184 g/mol. The lowest BCUT2D eigenvalue weighted by molar-refractivity contribution is 0.575. The van der Waals surface area contributed by atoms with Crippen molar-refractivity contribution in [2.24, 2.45) is 0 Å². The van der Waals surface area contributed by atoms with Gasteiger partial charge in [-0.15, -0.1) is 0 Å². The molecule has 1 nitrogen and oxygen atoms in total. The molecule has 0 aliphatic heterocycles. The van der Waals surface area contributed by atoms with Crippen LogP contribution < -0.4 is 5.32 Å². The van der Waals surface area contributed by atoms with Gasteiger partial charge in [-0.2, -0.15) is 0 Å². The summed E-state index contributed by atoms with van der Waals surface area (Å²) in [5.74, 6) is -0.675. The quantitative estimate of drug-likeness (QED) is 0.718. The van der Waals surface area contributed by atoms with Crippen molar-refractivity contribution in [3.63, 3.8) is 0 Å². The van der Waals surface area contributed by atoms with Crippen LogP contribution >= 0.6 is 0 Å². The minimum Gasteiger partial charge on any atom is -0.320 e. The van der Waals surface area contributed by atoms with Gasteiger partial charge in [0.05, 0.1) is 0 Å². The second kappa shape index (κ2) is 5.70. The van der Waals surface area contributed by atoms with E-state index in [0.717, 1.165) is 25.5 Å². The summed E-state index contributed by atoms with van der Waals surface area (Å²) in [5.41, 5.74) is 0.473. The summed E-state index contributed by atoms with van der Waals surface area (Å²) in [4.78, 5) is 0. The van der Waals surface area contributed by atoms with Gasteiger partial charge < -0.3 is 5.32 Å². The second-order valence-electron chi connectivity index (χ2n) is 3.30. The van der Waals surface area contributed by atoms with Crippen LogP contribution in [0.4, 0.5) is 8.78 Å². The number of rotatable bonds is 5. The molecule has 1 aromatic carbocycles. The van der Waals surface area contributed by atoms with Gasteiger partial charge in [-0.3, -0.25) is 0 Å². The summed E-state index contributed by atoms with van der Waals surface area (Å²) < 4.78 is 25.8. The van der Waals surface area contributed by atoms with E-state index in [2.05, 4.69) is 5.32 Å². The molecule has 1 aromatic rings. The van der Waals surface area contributed by atoms with Gasteiger partial charge in [0.1, 0.15) is 11.6 Å². The lowest BCUT2D eigenvalue weighted by Gasteiger charge is -2.03. The molecule has 1 N–H and O–H groups in total. The van der Waals surface area contributed by atoms with E-state index >= 15 is 0 Å². The normalized spacial score (nSPS) is 10.5. The molecule has 0 atom stereocenters.